The number of ether oxygens (including phenoxy) is 2. The minimum atomic E-state index is -1.44. The van der Waals surface area contributed by atoms with Crippen molar-refractivity contribution in [3.05, 3.63) is 166 Å². The molecule has 1 aromatic heterocycles. The number of carbonyl (C=O) groups is 1. The molecule has 0 saturated carbocycles. The lowest BCUT2D eigenvalue weighted by atomic mass is 9.80. The summed E-state index contributed by atoms with van der Waals surface area (Å²) in [6, 6.07) is 39.3. The molecule has 1 amide bonds. The quantitative estimate of drug-likeness (QED) is 0.221. The molecule has 1 saturated heterocycles. The van der Waals surface area contributed by atoms with E-state index < -0.39 is 41.7 Å². The highest BCUT2D eigenvalue weighted by molar-refractivity contribution is 6.03. The van der Waals surface area contributed by atoms with E-state index in [4.69, 9.17) is 9.47 Å². The van der Waals surface area contributed by atoms with Gasteiger partial charge in [-0.3, -0.25) is 9.36 Å². The van der Waals surface area contributed by atoms with Gasteiger partial charge in [-0.15, -0.1) is 0 Å². The number of hydrogen-bond donors (Lipinski definition) is 3. The minimum Gasteiger partial charge on any atom is -0.387 e. The van der Waals surface area contributed by atoms with Gasteiger partial charge < -0.3 is 25.0 Å². The van der Waals surface area contributed by atoms with Gasteiger partial charge in [0.25, 0.3) is 5.91 Å². The van der Waals surface area contributed by atoms with E-state index >= 15 is 0 Å². The van der Waals surface area contributed by atoms with Crippen LogP contribution >= 0.6 is 0 Å². The second kappa shape index (κ2) is 12.7. The van der Waals surface area contributed by atoms with E-state index in [1.165, 1.54) is 12.3 Å². The maximum absolute atomic E-state index is 13.0. The van der Waals surface area contributed by atoms with Crippen LogP contribution in [0, 0.1) is 0 Å². The highest BCUT2D eigenvalue weighted by Crippen LogP contribution is 2.41. The van der Waals surface area contributed by atoms with E-state index in [9.17, 15) is 19.8 Å². The van der Waals surface area contributed by atoms with Gasteiger partial charge in [-0.05, 0) is 34.9 Å². The van der Waals surface area contributed by atoms with Crippen molar-refractivity contribution in [2.75, 3.05) is 11.9 Å². The van der Waals surface area contributed by atoms with E-state index in [1.807, 2.05) is 91.0 Å². The molecular formula is C35H31N3O6. The highest BCUT2D eigenvalue weighted by Gasteiger charge is 2.46. The maximum Gasteiger partial charge on any atom is 0.351 e. The Morgan fingerprint density at radius 1 is 0.773 bits per heavy atom. The third-order valence-corrected chi connectivity index (χ3v) is 7.72. The third-order valence-electron chi connectivity index (χ3n) is 7.72. The highest BCUT2D eigenvalue weighted by atomic mass is 16.6. The molecule has 1 aliphatic heterocycles. The molecule has 3 N–H and O–H groups in total. The van der Waals surface area contributed by atoms with Gasteiger partial charge in [0.1, 0.15) is 29.7 Å². The first kappa shape index (κ1) is 29.2. The summed E-state index contributed by atoms with van der Waals surface area (Å²) in [7, 11) is 0. The molecule has 6 rings (SSSR count). The summed E-state index contributed by atoms with van der Waals surface area (Å²) in [6.07, 6.45) is -3.63. The van der Waals surface area contributed by atoms with Crippen LogP contribution in [-0.4, -0.2) is 50.6 Å². The molecule has 4 unspecified atom stereocenters. The topological polar surface area (TPSA) is 123 Å². The van der Waals surface area contributed by atoms with Gasteiger partial charge in [-0.1, -0.05) is 109 Å². The van der Waals surface area contributed by atoms with E-state index in [2.05, 4.69) is 10.3 Å². The van der Waals surface area contributed by atoms with Crippen LogP contribution in [0.25, 0.3) is 0 Å². The number of aliphatic hydroxyl groups is 2. The van der Waals surface area contributed by atoms with Gasteiger partial charge in [-0.2, -0.15) is 4.98 Å². The van der Waals surface area contributed by atoms with Crippen LogP contribution in [0.5, 0.6) is 0 Å². The first-order chi connectivity index (χ1) is 21.5. The van der Waals surface area contributed by atoms with Crippen molar-refractivity contribution in [1.29, 1.82) is 0 Å². The Bertz CT molecular complexity index is 1650. The van der Waals surface area contributed by atoms with Crippen molar-refractivity contribution in [2.45, 2.75) is 30.1 Å². The van der Waals surface area contributed by atoms with Gasteiger partial charge in [0, 0.05) is 11.8 Å². The van der Waals surface area contributed by atoms with Crippen molar-refractivity contribution in [3.63, 3.8) is 0 Å². The Morgan fingerprint density at radius 2 is 1.27 bits per heavy atom. The second-order valence-electron chi connectivity index (χ2n) is 10.5. The second-order valence-corrected chi connectivity index (χ2v) is 10.5. The average Bonchev–Trinajstić information content (AvgIpc) is 3.35. The first-order valence-corrected chi connectivity index (χ1v) is 14.2. The lowest BCUT2D eigenvalue weighted by molar-refractivity contribution is -0.0958. The molecule has 0 bridgehead atoms. The van der Waals surface area contributed by atoms with Gasteiger partial charge >= 0.3 is 5.69 Å². The standard InChI is InChI=1S/C35H31N3O6/c39-30-28(44-33(31(30)40)38-22-21-29(37-34(38)42)36-32(41)24-13-5-1-6-14-24)23-43-35(25-15-7-2-8-16-25,26-17-9-3-10-18-26)27-19-11-4-12-20-27/h1-22,28,30-31,33,39-40H,23H2,(H,36,37,41,42). The number of benzene rings is 4. The van der Waals surface area contributed by atoms with Crippen LogP contribution in [0.15, 0.2) is 138 Å². The van der Waals surface area contributed by atoms with Crippen molar-refractivity contribution in [2.24, 2.45) is 0 Å². The molecule has 9 heteroatoms. The van der Waals surface area contributed by atoms with E-state index in [0.717, 1.165) is 21.3 Å². The van der Waals surface area contributed by atoms with Crippen LogP contribution in [0.4, 0.5) is 5.82 Å². The monoisotopic (exact) mass is 589 g/mol. The molecule has 5 aromatic rings. The molecule has 2 heterocycles. The van der Waals surface area contributed by atoms with Crippen molar-refractivity contribution in [1.82, 2.24) is 9.55 Å². The molecule has 222 valence electrons. The van der Waals surface area contributed by atoms with Crippen LogP contribution in [-0.2, 0) is 15.1 Å². The molecule has 1 fully saturated rings. The van der Waals surface area contributed by atoms with Crippen LogP contribution in [0.2, 0.25) is 0 Å². The number of anilines is 1. The Balaban J connectivity index is 1.26. The summed E-state index contributed by atoms with van der Waals surface area (Å²) in [5.41, 5.74) is 1.20. The lowest BCUT2D eigenvalue weighted by Gasteiger charge is -2.37. The summed E-state index contributed by atoms with van der Waals surface area (Å²) in [6.45, 7) is -0.110. The van der Waals surface area contributed by atoms with E-state index in [0.29, 0.717) is 5.56 Å². The van der Waals surface area contributed by atoms with Crippen molar-refractivity contribution in [3.8, 4) is 0 Å². The van der Waals surface area contributed by atoms with Crippen molar-refractivity contribution >= 4 is 11.7 Å². The number of nitrogens with zero attached hydrogens (tertiary/aromatic N) is 2. The maximum atomic E-state index is 13.0. The number of carbonyl (C=O) groups excluding carboxylic acids is 1. The normalized spacial score (nSPS) is 19.9. The minimum absolute atomic E-state index is 0.0476. The number of aliphatic hydroxyl groups excluding tert-OH is 2. The molecule has 4 atom stereocenters. The van der Waals surface area contributed by atoms with Gasteiger partial charge in [0.05, 0.1) is 6.61 Å². The molecule has 44 heavy (non-hydrogen) atoms. The Labute approximate surface area is 254 Å². The largest absolute Gasteiger partial charge is 0.387 e. The molecule has 0 radical (unpaired) electrons. The summed E-state index contributed by atoms with van der Waals surface area (Å²) < 4.78 is 13.9. The fourth-order valence-electron chi connectivity index (χ4n) is 5.53. The van der Waals surface area contributed by atoms with Crippen LogP contribution in [0.1, 0.15) is 33.3 Å². The zero-order valence-electron chi connectivity index (χ0n) is 23.6. The smallest absolute Gasteiger partial charge is 0.351 e. The summed E-state index contributed by atoms with van der Waals surface area (Å²) in [5, 5.41) is 24.6. The number of aromatic nitrogens is 2. The number of amides is 1. The van der Waals surface area contributed by atoms with Crippen LogP contribution in [0.3, 0.4) is 0 Å². The molecular weight excluding hydrogens is 558 g/mol. The van der Waals surface area contributed by atoms with Gasteiger partial charge in [0.15, 0.2) is 6.23 Å². The predicted octanol–water partition coefficient (Wildman–Crippen LogP) is 4.12. The van der Waals surface area contributed by atoms with Crippen molar-refractivity contribution < 1.29 is 24.5 Å². The lowest BCUT2D eigenvalue weighted by Crippen LogP contribution is -2.39. The van der Waals surface area contributed by atoms with Gasteiger partial charge in [0.2, 0.25) is 0 Å². The molecule has 4 aromatic carbocycles. The fourth-order valence-corrected chi connectivity index (χ4v) is 5.53. The first-order valence-electron chi connectivity index (χ1n) is 14.2. The predicted molar refractivity (Wildman–Crippen MR) is 164 cm³/mol. The molecule has 0 aliphatic carbocycles. The molecule has 0 spiro atoms. The third kappa shape index (κ3) is 5.69. The number of nitrogens with one attached hydrogen (secondary N) is 1. The summed E-state index contributed by atoms with van der Waals surface area (Å²) >= 11 is 0. The number of hydrogen-bond acceptors (Lipinski definition) is 7. The summed E-state index contributed by atoms with van der Waals surface area (Å²) in [5.74, 6) is -0.370. The number of rotatable bonds is 9. The summed E-state index contributed by atoms with van der Waals surface area (Å²) in [4.78, 5) is 29.4. The van der Waals surface area contributed by atoms with E-state index in [-0.39, 0.29) is 12.4 Å². The Morgan fingerprint density at radius 3 is 1.77 bits per heavy atom. The Kier molecular flexibility index (Phi) is 8.44. The Hall–Kier alpha value is -4.93. The molecule has 9 nitrogen and oxygen atoms in total. The zero-order valence-corrected chi connectivity index (χ0v) is 23.6. The van der Waals surface area contributed by atoms with Crippen LogP contribution < -0.4 is 11.0 Å². The SMILES string of the molecule is O=C(Nc1ccn(C2OC(COC(c3ccccc3)(c3ccccc3)c3ccccc3)C(O)C2O)c(=O)n1)c1ccccc1. The fraction of sp³-hybridized carbons (Fsp3) is 0.171. The average molecular weight is 590 g/mol. The zero-order chi connectivity index (χ0) is 30.5. The van der Waals surface area contributed by atoms with E-state index in [1.54, 1.807) is 30.3 Å². The molecule has 1 aliphatic rings. The van der Waals surface area contributed by atoms with Gasteiger partial charge in [-0.25, -0.2) is 4.79 Å².